The van der Waals surface area contributed by atoms with Crippen LogP contribution in [0.25, 0.3) is 0 Å². The molecule has 0 spiro atoms. The Morgan fingerprint density at radius 3 is 2.58 bits per heavy atom. The lowest BCUT2D eigenvalue weighted by Gasteiger charge is -2.41. The number of carbonyl (C=O) groups is 2. The molecular formula is C32H38Cl2N2O7. The van der Waals surface area contributed by atoms with Crippen LogP contribution in [-0.4, -0.2) is 70.5 Å². The van der Waals surface area contributed by atoms with Crippen LogP contribution in [0.4, 0.5) is 0 Å². The van der Waals surface area contributed by atoms with E-state index in [1.165, 1.54) is 20.0 Å². The standard InChI is InChI=1S/C32H38Cl2N2O7/c1-42-26-13-19(17-38)12-22-28-23(32(41)35-10-11-37)15-25(29(40)31(28)43-30(22)26)36(16-20-7-8-21(33)14-24(20)34)27(39)9-6-18-4-2-3-5-18/h7-8,12-15,18,25,28-29,31,37-38,40H,2-6,9-11,16-17H2,1H3,(H,35,41)/t25-,28+,29+,31+/m1/s1. The molecule has 2 aromatic rings. The van der Waals surface area contributed by atoms with Gasteiger partial charge >= 0.3 is 0 Å². The van der Waals surface area contributed by atoms with Crippen LogP contribution in [0.1, 0.15) is 61.1 Å². The molecule has 4 atom stereocenters. The summed E-state index contributed by atoms with van der Waals surface area (Å²) in [5.41, 5.74) is 2.10. The second-order valence-electron chi connectivity index (χ2n) is 11.5. The molecule has 0 radical (unpaired) electrons. The molecule has 0 aromatic heterocycles. The molecule has 11 heteroatoms. The summed E-state index contributed by atoms with van der Waals surface area (Å²) < 4.78 is 11.8. The maximum absolute atomic E-state index is 14.0. The molecular weight excluding hydrogens is 595 g/mol. The third-order valence-electron chi connectivity index (χ3n) is 8.77. The molecule has 9 nitrogen and oxygen atoms in total. The fourth-order valence-corrected chi connectivity index (χ4v) is 7.05. The van der Waals surface area contributed by atoms with Crippen LogP contribution in [0.5, 0.6) is 11.5 Å². The molecule has 2 aromatic carbocycles. The molecule has 0 saturated heterocycles. The van der Waals surface area contributed by atoms with E-state index in [2.05, 4.69) is 5.32 Å². The Kier molecular flexibility index (Phi) is 10.2. The molecule has 1 aliphatic heterocycles. The van der Waals surface area contributed by atoms with E-state index in [0.29, 0.717) is 56.1 Å². The summed E-state index contributed by atoms with van der Waals surface area (Å²) in [6, 6.07) is 7.52. The Morgan fingerprint density at radius 1 is 1.14 bits per heavy atom. The predicted octanol–water partition coefficient (Wildman–Crippen LogP) is 4.12. The van der Waals surface area contributed by atoms with Crippen molar-refractivity contribution in [2.75, 3.05) is 20.3 Å². The summed E-state index contributed by atoms with van der Waals surface area (Å²) in [5.74, 6) is -0.0878. The number of fused-ring (bicyclic) bond motifs is 3. The molecule has 0 unspecified atom stereocenters. The number of nitrogens with zero attached hydrogens (tertiary/aromatic N) is 1. The fourth-order valence-electron chi connectivity index (χ4n) is 6.58. The predicted molar refractivity (Wildman–Crippen MR) is 162 cm³/mol. The Labute approximate surface area is 261 Å². The minimum Gasteiger partial charge on any atom is -0.493 e. The van der Waals surface area contributed by atoms with Crippen LogP contribution >= 0.6 is 23.2 Å². The first-order chi connectivity index (χ1) is 20.7. The highest BCUT2D eigenvalue weighted by Gasteiger charge is 2.51. The van der Waals surface area contributed by atoms with Crippen LogP contribution in [0.3, 0.4) is 0 Å². The summed E-state index contributed by atoms with van der Waals surface area (Å²) >= 11 is 12.7. The van der Waals surface area contributed by atoms with E-state index < -0.39 is 30.1 Å². The minimum absolute atomic E-state index is 0.0267. The number of benzene rings is 2. The van der Waals surface area contributed by atoms with E-state index in [0.717, 1.165) is 19.3 Å². The van der Waals surface area contributed by atoms with Gasteiger partial charge < -0.3 is 35.0 Å². The van der Waals surface area contributed by atoms with Gasteiger partial charge in [0.2, 0.25) is 11.8 Å². The molecule has 1 saturated carbocycles. The topological polar surface area (TPSA) is 129 Å². The first kappa shape index (κ1) is 31.6. The Morgan fingerprint density at radius 2 is 1.91 bits per heavy atom. The van der Waals surface area contributed by atoms with Crippen LogP contribution in [0.2, 0.25) is 10.0 Å². The average Bonchev–Trinajstić information content (AvgIpc) is 3.67. The van der Waals surface area contributed by atoms with E-state index in [9.17, 15) is 24.9 Å². The summed E-state index contributed by atoms with van der Waals surface area (Å²) in [5, 5.41) is 34.7. The van der Waals surface area contributed by atoms with Gasteiger partial charge in [0.25, 0.3) is 0 Å². The number of hydrogen-bond acceptors (Lipinski definition) is 7. The number of methoxy groups -OCH3 is 1. The van der Waals surface area contributed by atoms with Crippen molar-refractivity contribution >= 4 is 35.0 Å². The number of aliphatic hydroxyl groups is 3. The van der Waals surface area contributed by atoms with Crippen LogP contribution in [-0.2, 0) is 22.7 Å². The van der Waals surface area contributed by atoms with E-state index in [1.807, 2.05) is 0 Å². The highest BCUT2D eigenvalue weighted by atomic mass is 35.5. The third kappa shape index (κ3) is 6.66. The summed E-state index contributed by atoms with van der Waals surface area (Å²) in [7, 11) is 1.48. The number of amides is 2. The van der Waals surface area contributed by atoms with Gasteiger partial charge in [0.15, 0.2) is 11.5 Å². The van der Waals surface area contributed by atoms with Gasteiger partial charge in [-0.25, -0.2) is 0 Å². The quantitative estimate of drug-likeness (QED) is 0.293. The van der Waals surface area contributed by atoms with Gasteiger partial charge in [0.1, 0.15) is 12.2 Å². The van der Waals surface area contributed by atoms with Gasteiger partial charge in [-0.1, -0.05) is 55.0 Å². The smallest absolute Gasteiger partial charge is 0.247 e. The minimum atomic E-state index is -1.21. The monoisotopic (exact) mass is 632 g/mol. The van der Waals surface area contributed by atoms with Crippen molar-refractivity contribution in [2.45, 2.75) is 75.8 Å². The molecule has 43 heavy (non-hydrogen) atoms. The van der Waals surface area contributed by atoms with E-state index in [4.69, 9.17) is 32.7 Å². The molecule has 232 valence electrons. The fraction of sp³-hybridized carbons (Fsp3) is 0.500. The first-order valence-electron chi connectivity index (χ1n) is 14.8. The van der Waals surface area contributed by atoms with E-state index in [-0.39, 0.29) is 32.2 Å². The largest absolute Gasteiger partial charge is 0.493 e. The third-order valence-corrected chi connectivity index (χ3v) is 9.36. The number of aliphatic hydroxyl groups excluding tert-OH is 3. The van der Waals surface area contributed by atoms with Crippen LogP contribution in [0, 0.1) is 5.92 Å². The van der Waals surface area contributed by atoms with Crippen molar-refractivity contribution in [3.63, 3.8) is 0 Å². The van der Waals surface area contributed by atoms with Crippen molar-refractivity contribution in [1.29, 1.82) is 0 Å². The lowest BCUT2D eigenvalue weighted by atomic mass is 9.77. The number of hydrogen-bond donors (Lipinski definition) is 4. The lowest BCUT2D eigenvalue weighted by molar-refractivity contribution is -0.138. The maximum atomic E-state index is 14.0. The van der Waals surface area contributed by atoms with Gasteiger partial charge in [-0.05, 0) is 53.8 Å². The molecule has 0 bridgehead atoms. The molecule has 1 heterocycles. The normalized spacial score (nSPS) is 22.8. The van der Waals surface area contributed by atoms with Crippen molar-refractivity contribution in [3.05, 3.63) is 68.7 Å². The van der Waals surface area contributed by atoms with Gasteiger partial charge in [-0.15, -0.1) is 0 Å². The second kappa shape index (κ2) is 13.9. The number of halogens is 2. The van der Waals surface area contributed by atoms with Crippen molar-refractivity contribution < 1.29 is 34.4 Å². The summed E-state index contributed by atoms with van der Waals surface area (Å²) in [4.78, 5) is 29.1. The van der Waals surface area contributed by atoms with E-state index >= 15 is 0 Å². The molecule has 2 amide bonds. The summed E-state index contributed by atoms with van der Waals surface area (Å²) in [6.07, 6.45) is 5.08. The Balaban J connectivity index is 1.56. The molecule has 2 aliphatic carbocycles. The van der Waals surface area contributed by atoms with Crippen molar-refractivity contribution in [3.8, 4) is 11.5 Å². The number of carbonyl (C=O) groups excluding carboxylic acids is 2. The maximum Gasteiger partial charge on any atom is 0.247 e. The molecule has 1 fully saturated rings. The SMILES string of the molecule is COc1cc(CO)cc2c1O[C@@H]1[C@@H](O)[C@H](N(Cc3ccc(Cl)cc3Cl)C(=O)CCC3CCCC3)C=C(C(=O)NCCO)[C@H]21. The Hall–Kier alpha value is -2.82. The summed E-state index contributed by atoms with van der Waals surface area (Å²) in [6.45, 7) is -0.396. The number of nitrogens with one attached hydrogen (secondary N) is 1. The Bertz CT molecular complexity index is 1380. The zero-order valence-electron chi connectivity index (χ0n) is 24.1. The second-order valence-corrected chi connectivity index (χ2v) is 12.3. The van der Waals surface area contributed by atoms with Gasteiger partial charge in [0.05, 0.1) is 32.3 Å². The highest BCUT2D eigenvalue weighted by Crippen LogP contribution is 2.51. The van der Waals surface area contributed by atoms with Crippen LogP contribution in [0.15, 0.2) is 42.0 Å². The van der Waals surface area contributed by atoms with Gasteiger partial charge in [0, 0.05) is 40.7 Å². The van der Waals surface area contributed by atoms with Crippen molar-refractivity contribution in [2.24, 2.45) is 5.92 Å². The van der Waals surface area contributed by atoms with Gasteiger partial charge in [-0.3, -0.25) is 9.59 Å². The van der Waals surface area contributed by atoms with Crippen molar-refractivity contribution in [1.82, 2.24) is 10.2 Å². The zero-order chi connectivity index (χ0) is 30.7. The number of ether oxygens (including phenoxy) is 2. The molecule has 4 N–H and O–H groups in total. The molecule has 3 aliphatic rings. The van der Waals surface area contributed by atoms with Gasteiger partial charge in [-0.2, -0.15) is 0 Å². The van der Waals surface area contributed by atoms with E-state index in [1.54, 1.807) is 41.3 Å². The number of rotatable bonds is 11. The van der Waals surface area contributed by atoms with Crippen LogP contribution < -0.4 is 14.8 Å². The zero-order valence-corrected chi connectivity index (χ0v) is 25.6. The average molecular weight is 634 g/mol. The molecule has 5 rings (SSSR count). The highest BCUT2D eigenvalue weighted by molar-refractivity contribution is 6.35. The lowest BCUT2D eigenvalue weighted by Crippen LogP contribution is -2.55. The first-order valence-corrected chi connectivity index (χ1v) is 15.5.